The first-order valence-electron chi connectivity index (χ1n) is 15.4. The highest BCUT2D eigenvalue weighted by Gasteiger charge is 2.39. The summed E-state index contributed by atoms with van der Waals surface area (Å²) < 4.78 is 111. The van der Waals surface area contributed by atoms with Gasteiger partial charge in [0.25, 0.3) is 0 Å². The van der Waals surface area contributed by atoms with E-state index in [-0.39, 0.29) is 47.0 Å². The number of aliphatic carboxylic acids is 1. The highest BCUT2D eigenvalue weighted by atomic mass is 19.4. The quantitative estimate of drug-likeness (QED) is 0.103. The Morgan fingerprint density at radius 3 is 2.17 bits per heavy atom. The number of carboxylic acid groups (broad SMARTS) is 1. The van der Waals surface area contributed by atoms with Gasteiger partial charge in [0.2, 0.25) is 5.96 Å². The van der Waals surface area contributed by atoms with E-state index in [0.717, 1.165) is 25.0 Å². The molecule has 1 aliphatic carbocycles. The van der Waals surface area contributed by atoms with Crippen molar-refractivity contribution in [2.75, 3.05) is 18.5 Å². The van der Waals surface area contributed by atoms with Crippen molar-refractivity contribution in [1.82, 2.24) is 15.3 Å². The summed E-state index contributed by atoms with van der Waals surface area (Å²) in [6.45, 7) is -0.218. The fraction of sp³-hybridized carbons (Fsp3) is 0.469. The molecule has 16 heteroatoms. The van der Waals surface area contributed by atoms with E-state index in [4.69, 9.17) is 10.7 Å². The van der Waals surface area contributed by atoms with Gasteiger partial charge in [-0.25, -0.2) is 13.8 Å². The Labute approximate surface area is 270 Å². The van der Waals surface area contributed by atoms with Crippen LogP contribution in [0.25, 0.3) is 10.9 Å². The second kappa shape index (κ2) is 13.6. The standard InChI is InChI=1S/C32H34F8N6O2/c1-42-44-30(41)45(15-17-9-22(31(35,36)37)13-23(10-17)32(38,39)40)16-21-11-20-12-24(33)25(34)14-26(20)43-28(21)46-8-2-3-27(46)18-4-6-19(7-5-18)29(47)48/h9-14,18-19,27,42H,2-8,15-16H2,1H3,(H2,41,44)(H,47,48)/t18?,19?,27-/m1/s1. The summed E-state index contributed by atoms with van der Waals surface area (Å²) >= 11 is 0. The number of anilines is 1. The number of fused-ring (bicyclic) bond motifs is 1. The summed E-state index contributed by atoms with van der Waals surface area (Å²) in [5, 5.41) is 13.6. The van der Waals surface area contributed by atoms with Crippen LogP contribution >= 0.6 is 0 Å². The number of nitrogens with one attached hydrogen (secondary N) is 1. The van der Waals surface area contributed by atoms with Gasteiger partial charge in [-0.1, -0.05) is 0 Å². The fourth-order valence-corrected chi connectivity index (χ4v) is 6.80. The Bertz CT molecular complexity index is 1660. The number of carbonyl (C=O) groups is 1. The molecule has 0 unspecified atom stereocenters. The summed E-state index contributed by atoms with van der Waals surface area (Å²) in [5.74, 6) is -3.28. The predicted molar refractivity (Wildman–Crippen MR) is 161 cm³/mol. The van der Waals surface area contributed by atoms with Gasteiger partial charge in [0.15, 0.2) is 11.6 Å². The molecule has 48 heavy (non-hydrogen) atoms. The van der Waals surface area contributed by atoms with E-state index in [1.165, 1.54) is 11.9 Å². The number of alkyl halides is 6. The molecule has 5 rings (SSSR count). The molecule has 0 amide bonds. The third-order valence-corrected chi connectivity index (χ3v) is 9.08. The van der Waals surface area contributed by atoms with Crippen LogP contribution in [0.3, 0.4) is 0 Å². The van der Waals surface area contributed by atoms with E-state index in [1.807, 2.05) is 4.90 Å². The third-order valence-electron chi connectivity index (χ3n) is 9.08. The number of guanidine groups is 1. The number of benzene rings is 2. The van der Waals surface area contributed by atoms with Crippen molar-refractivity contribution < 1.29 is 45.0 Å². The van der Waals surface area contributed by atoms with E-state index >= 15 is 0 Å². The van der Waals surface area contributed by atoms with E-state index in [9.17, 15) is 45.0 Å². The molecule has 2 aliphatic rings. The number of nitrogens with two attached hydrogens (primary N) is 1. The number of nitrogens with zero attached hydrogens (tertiary/aromatic N) is 4. The van der Waals surface area contributed by atoms with Gasteiger partial charge in [-0.05, 0) is 80.3 Å². The lowest BCUT2D eigenvalue weighted by Gasteiger charge is -2.37. The number of rotatable bonds is 8. The molecule has 4 N–H and O–H groups in total. The van der Waals surface area contributed by atoms with Gasteiger partial charge in [-0.2, -0.15) is 26.3 Å². The largest absolute Gasteiger partial charge is 0.481 e. The summed E-state index contributed by atoms with van der Waals surface area (Å²) in [5.41, 5.74) is 5.88. The lowest BCUT2D eigenvalue weighted by atomic mass is 9.78. The molecule has 8 nitrogen and oxygen atoms in total. The molecule has 1 atom stereocenters. The minimum atomic E-state index is -5.06. The molecule has 3 aromatic rings. The summed E-state index contributed by atoms with van der Waals surface area (Å²) in [6.07, 6.45) is -6.27. The monoisotopic (exact) mass is 686 g/mol. The van der Waals surface area contributed by atoms with Gasteiger partial charge in [-0.3, -0.25) is 4.79 Å². The normalized spacial score (nSPS) is 20.7. The molecule has 2 aromatic carbocycles. The Kier molecular flexibility index (Phi) is 9.92. The average Bonchev–Trinajstić information content (AvgIpc) is 3.50. The number of hydrogen-bond donors (Lipinski definition) is 3. The molecular weight excluding hydrogens is 652 g/mol. The van der Waals surface area contributed by atoms with Crippen LogP contribution < -0.4 is 16.1 Å². The molecule has 1 saturated carbocycles. The van der Waals surface area contributed by atoms with Gasteiger partial charge in [-0.15, -0.1) is 5.10 Å². The minimum absolute atomic E-state index is 0.0371. The minimum Gasteiger partial charge on any atom is -0.481 e. The van der Waals surface area contributed by atoms with Crippen molar-refractivity contribution in [2.45, 2.75) is 70.0 Å². The zero-order valence-corrected chi connectivity index (χ0v) is 25.8. The van der Waals surface area contributed by atoms with Gasteiger partial charge in [0.05, 0.1) is 22.6 Å². The predicted octanol–water partition coefficient (Wildman–Crippen LogP) is 6.86. The Morgan fingerprint density at radius 1 is 0.958 bits per heavy atom. The molecule has 2 fully saturated rings. The van der Waals surface area contributed by atoms with Crippen molar-refractivity contribution in [3.05, 3.63) is 70.3 Å². The first-order chi connectivity index (χ1) is 22.5. The number of hydrazone groups is 1. The Balaban J connectivity index is 1.57. The van der Waals surface area contributed by atoms with E-state index in [2.05, 4.69) is 10.5 Å². The highest BCUT2D eigenvalue weighted by molar-refractivity contribution is 5.83. The molecule has 1 aromatic heterocycles. The van der Waals surface area contributed by atoms with Crippen LogP contribution in [-0.2, 0) is 30.2 Å². The van der Waals surface area contributed by atoms with E-state index in [0.29, 0.717) is 55.7 Å². The molecule has 260 valence electrons. The van der Waals surface area contributed by atoms with Crippen LogP contribution in [0.15, 0.2) is 41.5 Å². The Hall–Kier alpha value is -4.37. The zero-order chi connectivity index (χ0) is 35.0. The van der Waals surface area contributed by atoms with Gasteiger partial charge in [0, 0.05) is 49.7 Å². The highest BCUT2D eigenvalue weighted by Crippen LogP contribution is 2.41. The van der Waals surface area contributed by atoms with Crippen molar-refractivity contribution in [2.24, 2.45) is 22.7 Å². The van der Waals surface area contributed by atoms with Gasteiger partial charge >= 0.3 is 18.3 Å². The van der Waals surface area contributed by atoms with Crippen LogP contribution in [0.5, 0.6) is 0 Å². The average molecular weight is 687 g/mol. The molecule has 0 radical (unpaired) electrons. The molecule has 0 bridgehead atoms. The zero-order valence-electron chi connectivity index (χ0n) is 25.8. The lowest BCUT2D eigenvalue weighted by Crippen LogP contribution is -2.41. The van der Waals surface area contributed by atoms with E-state index < -0.39 is 53.5 Å². The molecular formula is C32H34F8N6O2. The van der Waals surface area contributed by atoms with Crippen LogP contribution in [0.2, 0.25) is 0 Å². The topological polar surface area (TPSA) is 107 Å². The number of pyridine rings is 1. The summed E-state index contributed by atoms with van der Waals surface area (Å²) in [4.78, 5) is 19.5. The number of hydrogen-bond acceptors (Lipinski definition) is 5. The molecule has 2 heterocycles. The molecule has 1 saturated heterocycles. The molecule has 0 spiro atoms. The first kappa shape index (κ1) is 35.0. The maximum absolute atomic E-state index is 14.3. The molecule has 1 aliphatic heterocycles. The summed E-state index contributed by atoms with van der Waals surface area (Å²) in [7, 11) is 1.41. The summed E-state index contributed by atoms with van der Waals surface area (Å²) in [6, 6.07) is 4.64. The maximum atomic E-state index is 14.3. The second-order valence-electron chi connectivity index (χ2n) is 12.2. The van der Waals surface area contributed by atoms with Gasteiger partial charge < -0.3 is 26.1 Å². The van der Waals surface area contributed by atoms with E-state index in [1.54, 1.807) is 6.07 Å². The fourth-order valence-electron chi connectivity index (χ4n) is 6.80. The van der Waals surface area contributed by atoms with Crippen LogP contribution in [0, 0.1) is 23.5 Å². The number of halogens is 8. The van der Waals surface area contributed by atoms with Crippen LogP contribution in [0.4, 0.5) is 40.9 Å². The first-order valence-corrected chi connectivity index (χ1v) is 15.4. The number of aromatic nitrogens is 1. The SMILES string of the molecule is CN/N=C(\N)N(Cc1cc(C(F)(F)F)cc(C(F)(F)F)c1)Cc1cc2cc(F)c(F)cc2nc1N1CCC[C@@H]1C1CCC(C(=O)O)CC1. The van der Waals surface area contributed by atoms with Gasteiger partial charge in [0.1, 0.15) is 5.82 Å². The maximum Gasteiger partial charge on any atom is 0.416 e. The Morgan fingerprint density at radius 2 is 1.58 bits per heavy atom. The van der Waals surface area contributed by atoms with Crippen molar-refractivity contribution in [3.8, 4) is 0 Å². The third kappa shape index (κ3) is 7.67. The van der Waals surface area contributed by atoms with Crippen molar-refractivity contribution in [3.63, 3.8) is 0 Å². The van der Waals surface area contributed by atoms with Crippen molar-refractivity contribution >= 4 is 28.6 Å². The smallest absolute Gasteiger partial charge is 0.416 e. The second-order valence-corrected chi connectivity index (χ2v) is 12.2. The van der Waals surface area contributed by atoms with Crippen molar-refractivity contribution in [1.29, 1.82) is 0 Å². The van der Waals surface area contributed by atoms with Crippen LogP contribution in [0.1, 0.15) is 60.8 Å². The van der Waals surface area contributed by atoms with Crippen LogP contribution in [-0.4, -0.2) is 46.6 Å². The lowest BCUT2D eigenvalue weighted by molar-refractivity contribution is -0.144. The number of carboxylic acids is 1.